The van der Waals surface area contributed by atoms with Gasteiger partial charge in [0.1, 0.15) is 18.2 Å². The summed E-state index contributed by atoms with van der Waals surface area (Å²) in [5.41, 5.74) is 4.55. The number of carbonyl (C=O) groups excluding carboxylic acids is 2. The molecule has 0 saturated carbocycles. The van der Waals surface area contributed by atoms with Crippen LogP contribution < -0.4 is 4.90 Å². The summed E-state index contributed by atoms with van der Waals surface area (Å²) in [5.74, 6) is -0.0421. The molecule has 3 unspecified atom stereocenters. The summed E-state index contributed by atoms with van der Waals surface area (Å²) < 4.78 is 23.0. The van der Waals surface area contributed by atoms with E-state index in [-0.39, 0.29) is 42.1 Å². The van der Waals surface area contributed by atoms with Gasteiger partial charge in [-0.2, -0.15) is 5.10 Å². The van der Waals surface area contributed by atoms with Gasteiger partial charge in [-0.3, -0.25) is 14.5 Å². The molecule has 41 heavy (non-hydrogen) atoms. The lowest BCUT2D eigenvalue weighted by molar-refractivity contribution is -0.142. The zero-order chi connectivity index (χ0) is 29.6. The summed E-state index contributed by atoms with van der Waals surface area (Å²) in [7, 11) is 0. The molecule has 0 bridgehead atoms. The fraction of sp³-hybridized carbons (Fsp3) is 0.469. The van der Waals surface area contributed by atoms with Crippen LogP contribution in [0.15, 0.2) is 42.5 Å². The van der Waals surface area contributed by atoms with Crippen LogP contribution in [0.3, 0.4) is 0 Å². The van der Waals surface area contributed by atoms with Crippen molar-refractivity contribution in [3.05, 3.63) is 76.2 Å². The molecule has 7 nitrogen and oxygen atoms in total. The van der Waals surface area contributed by atoms with Crippen LogP contribution in [0.1, 0.15) is 67.8 Å². The predicted octanol–water partition coefficient (Wildman–Crippen LogP) is 5.73. The molecule has 3 heterocycles. The summed E-state index contributed by atoms with van der Waals surface area (Å²) in [6, 6.07) is 12.8. The summed E-state index contributed by atoms with van der Waals surface area (Å²) in [6.45, 7) is 15.0. The number of aryl methyl sites for hydroxylation is 2. The molecule has 2 aliphatic heterocycles. The quantitative estimate of drug-likeness (QED) is 0.396. The van der Waals surface area contributed by atoms with Crippen molar-refractivity contribution in [2.45, 2.75) is 71.3 Å². The Morgan fingerprint density at radius 2 is 1.78 bits per heavy atom. The Kier molecular flexibility index (Phi) is 8.05. The number of amides is 2. The van der Waals surface area contributed by atoms with Crippen LogP contribution in [0.2, 0.25) is 0 Å². The minimum absolute atomic E-state index is 0.0904. The van der Waals surface area contributed by atoms with Gasteiger partial charge in [0.25, 0.3) is 0 Å². The Morgan fingerprint density at radius 1 is 1.10 bits per heavy atom. The SMILES string of the molecule is Cc1ccc(-n2nc(C(C)(C)C)c3c2N(CC(=O)N2CC(C)OC(C)C2)C(=O)CSC3c2ccccc2F)c(C)c1. The maximum absolute atomic E-state index is 15.4. The van der Waals surface area contributed by atoms with Crippen LogP contribution in [0.5, 0.6) is 0 Å². The van der Waals surface area contributed by atoms with Crippen molar-refractivity contribution in [3.8, 4) is 5.69 Å². The van der Waals surface area contributed by atoms with Crippen LogP contribution in [0.4, 0.5) is 10.2 Å². The third-order valence-corrected chi connectivity index (χ3v) is 8.87. The van der Waals surface area contributed by atoms with E-state index >= 15 is 4.39 Å². The first-order chi connectivity index (χ1) is 19.3. The molecule has 218 valence electrons. The number of rotatable bonds is 4. The van der Waals surface area contributed by atoms with Gasteiger partial charge < -0.3 is 9.64 Å². The second-order valence-corrected chi connectivity index (χ2v) is 13.4. The minimum atomic E-state index is -0.479. The van der Waals surface area contributed by atoms with Crippen molar-refractivity contribution in [2.24, 2.45) is 0 Å². The third-order valence-electron chi connectivity index (χ3n) is 7.63. The van der Waals surface area contributed by atoms with Gasteiger partial charge in [0.05, 0.1) is 34.6 Å². The van der Waals surface area contributed by atoms with E-state index < -0.39 is 10.7 Å². The summed E-state index contributed by atoms with van der Waals surface area (Å²) >= 11 is 1.39. The number of nitrogens with zero attached hydrogens (tertiary/aromatic N) is 4. The molecule has 9 heteroatoms. The molecule has 0 spiro atoms. The lowest BCUT2D eigenvalue weighted by Gasteiger charge is -2.36. The lowest BCUT2D eigenvalue weighted by atomic mass is 9.87. The zero-order valence-corrected chi connectivity index (χ0v) is 25.7. The molecular formula is C32H39FN4O3S. The van der Waals surface area contributed by atoms with Crippen LogP contribution in [-0.4, -0.2) is 64.1 Å². The highest BCUT2D eigenvalue weighted by molar-refractivity contribution is 8.00. The van der Waals surface area contributed by atoms with Crippen molar-refractivity contribution in [2.75, 3.05) is 30.3 Å². The maximum Gasteiger partial charge on any atom is 0.242 e. The van der Waals surface area contributed by atoms with Crippen molar-refractivity contribution in [3.63, 3.8) is 0 Å². The molecule has 0 aliphatic carbocycles. The predicted molar refractivity (Wildman–Crippen MR) is 161 cm³/mol. The maximum atomic E-state index is 15.4. The Bertz CT molecular complexity index is 1470. The van der Waals surface area contributed by atoms with Gasteiger partial charge in [-0.1, -0.05) is 56.7 Å². The van der Waals surface area contributed by atoms with Crippen LogP contribution >= 0.6 is 11.8 Å². The second kappa shape index (κ2) is 11.2. The van der Waals surface area contributed by atoms with E-state index in [0.717, 1.165) is 28.1 Å². The molecule has 0 radical (unpaired) electrons. The summed E-state index contributed by atoms with van der Waals surface area (Å²) in [4.78, 5) is 31.1. The normalized spacial score (nSPS) is 21.6. The average Bonchev–Trinajstić information content (AvgIpc) is 3.22. The first-order valence-electron chi connectivity index (χ1n) is 14.2. The average molecular weight is 579 g/mol. The van der Waals surface area contributed by atoms with Gasteiger partial charge in [0.2, 0.25) is 11.8 Å². The van der Waals surface area contributed by atoms with E-state index in [1.807, 2.05) is 45.9 Å². The number of hydrogen-bond acceptors (Lipinski definition) is 5. The zero-order valence-electron chi connectivity index (χ0n) is 24.9. The Hall–Kier alpha value is -3.17. The van der Waals surface area contributed by atoms with Crippen molar-refractivity contribution >= 4 is 29.4 Å². The standard InChI is InChI=1S/C32H39FN4O3S/c1-19-12-13-25(20(2)14-19)37-31-28(30(34-37)32(5,6)7)29(23-10-8-9-11-24(23)33)41-18-27(39)36(31)17-26(38)35-15-21(3)40-22(4)16-35/h8-14,21-22,29H,15-18H2,1-7H3. The number of morpholine rings is 1. The molecule has 2 aliphatic rings. The fourth-order valence-corrected chi connectivity index (χ4v) is 7.05. The van der Waals surface area contributed by atoms with Crippen molar-refractivity contribution in [1.82, 2.24) is 14.7 Å². The molecule has 5 rings (SSSR count). The smallest absolute Gasteiger partial charge is 0.242 e. The van der Waals surface area contributed by atoms with Gasteiger partial charge >= 0.3 is 0 Å². The number of aromatic nitrogens is 2. The molecule has 1 aromatic heterocycles. The highest BCUT2D eigenvalue weighted by atomic mass is 32.2. The van der Waals surface area contributed by atoms with Crippen molar-refractivity contribution < 1.29 is 18.7 Å². The molecule has 2 amide bonds. The van der Waals surface area contributed by atoms with E-state index in [1.165, 1.54) is 17.8 Å². The molecular weight excluding hydrogens is 539 g/mol. The first kappa shape index (κ1) is 29.3. The van der Waals surface area contributed by atoms with Crippen LogP contribution in [-0.2, 0) is 19.7 Å². The van der Waals surface area contributed by atoms with E-state index in [0.29, 0.717) is 24.5 Å². The molecule has 3 aromatic rings. The topological polar surface area (TPSA) is 67.7 Å². The van der Waals surface area contributed by atoms with E-state index in [9.17, 15) is 9.59 Å². The number of anilines is 1. The van der Waals surface area contributed by atoms with Gasteiger partial charge in [-0.25, -0.2) is 9.07 Å². The highest BCUT2D eigenvalue weighted by Crippen LogP contribution is 2.49. The molecule has 0 N–H and O–H groups in total. The number of halogens is 1. The highest BCUT2D eigenvalue weighted by Gasteiger charge is 2.41. The lowest BCUT2D eigenvalue weighted by Crippen LogP contribution is -2.52. The van der Waals surface area contributed by atoms with E-state index in [4.69, 9.17) is 9.84 Å². The Morgan fingerprint density at radius 3 is 2.41 bits per heavy atom. The number of hydrogen-bond donors (Lipinski definition) is 0. The number of ether oxygens (including phenoxy) is 1. The summed E-state index contributed by atoms with van der Waals surface area (Å²) in [6.07, 6.45) is -0.181. The van der Waals surface area contributed by atoms with E-state index in [2.05, 4.69) is 26.8 Å². The van der Waals surface area contributed by atoms with Gasteiger partial charge in [-0.05, 0) is 45.4 Å². The molecule has 2 aromatic carbocycles. The molecule has 1 saturated heterocycles. The second-order valence-electron chi connectivity index (χ2n) is 12.3. The van der Waals surface area contributed by atoms with Gasteiger partial charge in [-0.15, -0.1) is 11.8 Å². The number of benzene rings is 2. The van der Waals surface area contributed by atoms with Crippen LogP contribution in [0, 0.1) is 19.7 Å². The first-order valence-corrected chi connectivity index (χ1v) is 15.2. The number of carbonyl (C=O) groups is 2. The molecule has 1 fully saturated rings. The number of fused-ring (bicyclic) bond motifs is 1. The largest absolute Gasteiger partial charge is 0.372 e. The van der Waals surface area contributed by atoms with Gasteiger partial charge in [0.15, 0.2) is 0 Å². The van der Waals surface area contributed by atoms with E-state index in [1.54, 1.807) is 26.6 Å². The fourth-order valence-electron chi connectivity index (χ4n) is 5.83. The molecule has 3 atom stereocenters. The Balaban J connectivity index is 1.74. The number of thioether (sulfide) groups is 1. The third kappa shape index (κ3) is 5.79. The van der Waals surface area contributed by atoms with Crippen LogP contribution in [0.25, 0.3) is 5.69 Å². The minimum Gasteiger partial charge on any atom is -0.372 e. The van der Waals surface area contributed by atoms with Gasteiger partial charge in [0, 0.05) is 29.6 Å². The monoisotopic (exact) mass is 578 g/mol. The Labute approximate surface area is 246 Å². The summed E-state index contributed by atoms with van der Waals surface area (Å²) in [5, 5.41) is 4.66. The van der Waals surface area contributed by atoms with Crippen molar-refractivity contribution in [1.29, 1.82) is 0 Å².